The molecule has 0 unspecified atom stereocenters. The van der Waals surface area contributed by atoms with Crippen molar-refractivity contribution in [3.05, 3.63) is 95.6 Å². The van der Waals surface area contributed by atoms with Crippen LogP contribution in [0.5, 0.6) is 11.5 Å². The SMILES string of the molecule is Oc1ccc(CCNCCN[C@@H](c2ccccc2)[C@H](O)c2ccccc2)cc1O. The average Bonchev–Trinajstić information content (AvgIpc) is 2.76. The summed E-state index contributed by atoms with van der Waals surface area (Å²) in [6, 6.07) is 24.3. The summed E-state index contributed by atoms with van der Waals surface area (Å²) in [5, 5.41) is 36.7. The zero-order valence-electron chi connectivity index (χ0n) is 16.3. The molecule has 2 atom stereocenters. The van der Waals surface area contributed by atoms with E-state index in [1.165, 1.54) is 6.07 Å². The van der Waals surface area contributed by atoms with Crippen LogP contribution in [0.25, 0.3) is 0 Å². The molecule has 0 aliphatic heterocycles. The van der Waals surface area contributed by atoms with Crippen molar-refractivity contribution >= 4 is 0 Å². The third-order valence-electron chi connectivity index (χ3n) is 4.91. The van der Waals surface area contributed by atoms with E-state index >= 15 is 0 Å². The van der Waals surface area contributed by atoms with Gasteiger partial charge in [-0.15, -0.1) is 0 Å². The lowest BCUT2D eigenvalue weighted by atomic mass is 9.96. The summed E-state index contributed by atoms with van der Waals surface area (Å²) in [4.78, 5) is 0. The Bertz CT molecular complexity index is 872. The van der Waals surface area contributed by atoms with Crippen molar-refractivity contribution in [3.8, 4) is 11.5 Å². The Hall–Kier alpha value is -2.86. The fraction of sp³-hybridized carbons (Fsp3) is 0.250. The molecule has 5 nitrogen and oxygen atoms in total. The zero-order valence-corrected chi connectivity index (χ0v) is 16.3. The van der Waals surface area contributed by atoms with Gasteiger partial charge in [0.15, 0.2) is 11.5 Å². The monoisotopic (exact) mass is 392 g/mol. The first-order valence-electron chi connectivity index (χ1n) is 9.88. The van der Waals surface area contributed by atoms with Gasteiger partial charge < -0.3 is 26.0 Å². The minimum Gasteiger partial charge on any atom is -0.504 e. The Kier molecular flexibility index (Phi) is 7.64. The Morgan fingerprint density at radius 3 is 2.00 bits per heavy atom. The predicted octanol–water partition coefficient (Wildman–Crippen LogP) is 3.29. The van der Waals surface area contributed by atoms with E-state index < -0.39 is 6.10 Å². The van der Waals surface area contributed by atoms with Gasteiger partial charge in [-0.25, -0.2) is 0 Å². The van der Waals surface area contributed by atoms with E-state index in [1.807, 2.05) is 60.7 Å². The Labute approximate surface area is 171 Å². The van der Waals surface area contributed by atoms with Crippen molar-refractivity contribution < 1.29 is 15.3 Å². The molecule has 0 aliphatic rings. The van der Waals surface area contributed by atoms with E-state index in [-0.39, 0.29) is 17.5 Å². The molecule has 152 valence electrons. The second-order valence-electron chi connectivity index (χ2n) is 7.02. The molecule has 0 fully saturated rings. The number of aliphatic hydroxyl groups excluding tert-OH is 1. The van der Waals surface area contributed by atoms with Crippen LogP contribution in [0, 0.1) is 0 Å². The first kappa shape index (κ1) is 20.9. The molecule has 3 aromatic rings. The van der Waals surface area contributed by atoms with E-state index in [4.69, 9.17) is 0 Å². The quantitative estimate of drug-likeness (QED) is 0.270. The zero-order chi connectivity index (χ0) is 20.5. The van der Waals surface area contributed by atoms with Crippen LogP contribution in [0.1, 0.15) is 28.8 Å². The molecule has 0 heterocycles. The molecule has 5 heteroatoms. The molecular formula is C24H28N2O3. The third-order valence-corrected chi connectivity index (χ3v) is 4.91. The molecule has 3 rings (SSSR count). The molecule has 3 aromatic carbocycles. The second kappa shape index (κ2) is 10.6. The minimum atomic E-state index is -0.640. The summed E-state index contributed by atoms with van der Waals surface area (Å²) in [7, 11) is 0. The van der Waals surface area contributed by atoms with E-state index in [1.54, 1.807) is 12.1 Å². The van der Waals surface area contributed by atoms with Gasteiger partial charge in [0, 0.05) is 13.1 Å². The van der Waals surface area contributed by atoms with Crippen LogP contribution in [-0.2, 0) is 6.42 Å². The summed E-state index contributed by atoms with van der Waals surface area (Å²) in [5.41, 5.74) is 2.89. The van der Waals surface area contributed by atoms with Crippen molar-refractivity contribution in [1.82, 2.24) is 10.6 Å². The fourth-order valence-electron chi connectivity index (χ4n) is 3.31. The van der Waals surface area contributed by atoms with Crippen LogP contribution in [0.3, 0.4) is 0 Å². The van der Waals surface area contributed by atoms with E-state index in [9.17, 15) is 15.3 Å². The van der Waals surface area contributed by atoms with Crippen LogP contribution >= 0.6 is 0 Å². The molecule has 29 heavy (non-hydrogen) atoms. The first-order valence-corrected chi connectivity index (χ1v) is 9.88. The molecule has 0 bridgehead atoms. The maximum Gasteiger partial charge on any atom is 0.157 e. The Morgan fingerprint density at radius 1 is 0.690 bits per heavy atom. The summed E-state index contributed by atoms with van der Waals surface area (Å²) >= 11 is 0. The van der Waals surface area contributed by atoms with E-state index in [2.05, 4.69) is 10.6 Å². The van der Waals surface area contributed by atoms with Crippen LogP contribution in [0.4, 0.5) is 0 Å². The lowest BCUT2D eigenvalue weighted by molar-refractivity contribution is 0.129. The van der Waals surface area contributed by atoms with Gasteiger partial charge in [0.2, 0.25) is 0 Å². The molecule has 0 saturated heterocycles. The van der Waals surface area contributed by atoms with Gasteiger partial charge in [0.25, 0.3) is 0 Å². The summed E-state index contributed by atoms with van der Waals surface area (Å²) in [5.74, 6) is -0.195. The van der Waals surface area contributed by atoms with Crippen LogP contribution in [-0.4, -0.2) is 35.0 Å². The number of phenolic OH excluding ortho intramolecular Hbond substituents is 2. The molecule has 0 amide bonds. The van der Waals surface area contributed by atoms with Gasteiger partial charge >= 0.3 is 0 Å². The topological polar surface area (TPSA) is 84.8 Å². The van der Waals surface area contributed by atoms with E-state index in [0.29, 0.717) is 6.54 Å². The lowest BCUT2D eigenvalue weighted by Gasteiger charge is -2.25. The highest BCUT2D eigenvalue weighted by molar-refractivity contribution is 5.40. The van der Waals surface area contributed by atoms with Gasteiger partial charge in [0.1, 0.15) is 0 Å². The summed E-state index contributed by atoms with van der Waals surface area (Å²) in [6.07, 6.45) is 0.112. The van der Waals surface area contributed by atoms with Crippen molar-refractivity contribution in [2.75, 3.05) is 19.6 Å². The molecule has 0 spiro atoms. The number of rotatable bonds is 10. The Morgan fingerprint density at radius 2 is 1.34 bits per heavy atom. The number of hydrogen-bond donors (Lipinski definition) is 5. The first-order chi connectivity index (χ1) is 14.1. The molecule has 0 aromatic heterocycles. The van der Waals surface area contributed by atoms with Crippen LogP contribution in [0.15, 0.2) is 78.9 Å². The molecular weight excluding hydrogens is 364 g/mol. The standard InChI is InChI=1S/C24H28N2O3/c27-21-12-11-18(17-22(21)28)13-14-25-15-16-26-23(19-7-3-1-4-8-19)24(29)20-9-5-2-6-10-20/h1-12,17,23-29H,13-16H2/t23-,24+/m0/s1. The lowest BCUT2D eigenvalue weighted by Crippen LogP contribution is -2.34. The van der Waals surface area contributed by atoms with Crippen molar-refractivity contribution in [2.45, 2.75) is 18.6 Å². The molecule has 0 saturated carbocycles. The largest absolute Gasteiger partial charge is 0.504 e. The number of aromatic hydroxyl groups is 2. The number of benzene rings is 3. The number of phenols is 2. The average molecular weight is 392 g/mol. The highest BCUT2D eigenvalue weighted by Crippen LogP contribution is 2.28. The van der Waals surface area contributed by atoms with Crippen molar-refractivity contribution in [1.29, 1.82) is 0 Å². The third kappa shape index (κ3) is 6.06. The second-order valence-corrected chi connectivity index (χ2v) is 7.02. The van der Waals surface area contributed by atoms with Crippen LogP contribution in [0.2, 0.25) is 0 Å². The van der Waals surface area contributed by atoms with Gasteiger partial charge in [-0.1, -0.05) is 66.7 Å². The van der Waals surface area contributed by atoms with Gasteiger partial charge in [-0.05, 0) is 41.8 Å². The summed E-state index contributed by atoms with van der Waals surface area (Å²) < 4.78 is 0. The van der Waals surface area contributed by atoms with Gasteiger partial charge in [-0.2, -0.15) is 0 Å². The number of nitrogens with one attached hydrogen (secondary N) is 2. The van der Waals surface area contributed by atoms with Gasteiger partial charge in [0.05, 0.1) is 12.1 Å². The normalized spacial score (nSPS) is 13.1. The van der Waals surface area contributed by atoms with Crippen molar-refractivity contribution in [3.63, 3.8) is 0 Å². The highest BCUT2D eigenvalue weighted by atomic mass is 16.3. The predicted molar refractivity (Wildman–Crippen MR) is 115 cm³/mol. The molecule has 5 N–H and O–H groups in total. The number of hydrogen-bond acceptors (Lipinski definition) is 5. The smallest absolute Gasteiger partial charge is 0.157 e. The summed E-state index contributed by atoms with van der Waals surface area (Å²) in [6.45, 7) is 2.20. The van der Waals surface area contributed by atoms with Gasteiger partial charge in [-0.3, -0.25) is 0 Å². The van der Waals surface area contributed by atoms with Crippen LogP contribution < -0.4 is 10.6 Å². The fourth-order valence-corrected chi connectivity index (χ4v) is 3.31. The Balaban J connectivity index is 1.50. The number of aliphatic hydroxyl groups is 1. The molecule has 0 aliphatic carbocycles. The maximum atomic E-state index is 10.9. The molecule has 0 radical (unpaired) electrons. The van der Waals surface area contributed by atoms with Crippen molar-refractivity contribution in [2.24, 2.45) is 0 Å². The van der Waals surface area contributed by atoms with E-state index in [0.717, 1.165) is 36.2 Å². The maximum absolute atomic E-state index is 10.9. The minimum absolute atomic E-state index is 0.0928. The highest BCUT2D eigenvalue weighted by Gasteiger charge is 2.21.